The van der Waals surface area contributed by atoms with Gasteiger partial charge in [0, 0.05) is 31.0 Å². The van der Waals surface area contributed by atoms with E-state index in [2.05, 4.69) is 14.7 Å². The molecule has 2 bridgehead atoms. The van der Waals surface area contributed by atoms with Crippen LogP contribution < -0.4 is 9.62 Å². The maximum absolute atomic E-state index is 13.0. The minimum atomic E-state index is -3.48. The van der Waals surface area contributed by atoms with E-state index in [-0.39, 0.29) is 24.0 Å². The molecule has 1 aromatic rings. The molecule has 12 heteroatoms. The quantitative estimate of drug-likeness (QED) is 0.672. The van der Waals surface area contributed by atoms with Crippen molar-refractivity contribution in [3.8, 4) is 0 Å². The zero-order valence-electron chi connectivity index (χ0n) is 17.6. The number of hydrogen-bond acceptors (Lipinski definition) is 8. The van der Waals surface area contributed by atoms with Crippen LogP contribution in [0.25, 0.3) is 0 Å². The van der Waals surface area contributed by atoms with Crippen LogP contribution in [0.5, 0.6) is 0 Å². The number of piperidine rings is 2. The molecule has 2 saturated heterocycles. The summed E-state index contributed by atoms with van der Waals surface area (Å²) in [7, 11) is -2.18. The highest BCUT2D eigenvalue weighted by molar-refractivity contribution is 7.88. The number of rotatable bonds is 6. The van der Waals surface area contributed by atoms with Gasteiger partial charge >= 0.3 is 6.09 Å². The van der Waals surface area contributed by atoms with Gasteiger partial charge in [0.15, 0.2) is 5.82 Å². The fourth-order valence-corrected chi connectivity index (χ4v) is 5.84. The molecule has 1 aromatic heterocycles. The number of aromatic nitrogens is 2. The molecule has 0 radical (unpaired) electrons. The van der Waals surface area contributed by atoms with Crippen molar-refractivity contribution in [2.24, 2.45) is 11.8 Å². The van der Waals surface area contributed by atoms with E-state index in [9.17, 15) is 17.6 Å². The summed E-state index contributed by atoms with van der Waals surface area (Å²) in [5.41, 5.74) is 0. The minimum Gasteiger partial charge on any atom is -0.453 e. The van der Waals surface area contributed by atoms with Crippen molar-refractivity contribution < 1.29 is 27.1 Å². The van der Waals surface area contributed by atoms with Crippen LogP contribution in [0.2, 0.25) is 0 Å². The lowest BCUT2D eigenvalue weighted by atomic mass is 9.97. The Kier molecular flexibility index (Phi) is 6.31. The number of likely N-dealkylation sites (tertiary alicyclic amines) is 1. The summed E-state index contributed by atoms with van der Waals surface area (Å²) in [6, 6.07) is -0.107. The average Bonchev–Trinajstić information content (AvgIpc) is 3.26. The molecule has 1 N–H and O–H groups in total. The maximum Gasteiger partial charge on any atom is 0.411 e. The summed E-state index contributed by atoms with van der Waals surface area (Å²) < 4.78 is 50.4. The Morgan fingerprint density at radius 3 is 2.52 bits per heavy atom. The molecule has 4 rings (SSSR count). The number of carbonyl (C=O) groups excluding carboxylic acids is 1. The Morgan fingerprint density at radius 2 is 1.90 bits per heavy atom. The number of nitrogens with one attached hydrogen (secondary N) is 1. The van der Waals surface area contributed by atoms with E-state index < -0.39 is 28.1 Å². The largest absolute Gasteiger partial charge is 0.453 e. The second-order valence-corrected chi connectivity index (χ2v) is 10.2. The van der Waals surface area contributed by atoms with Gasteiger partial charge in [-0.1, -0.05) is 0 Å². The number of fused-ring (bicyclic) bond motifs is 2. The topological polar surface area (TPSA) is 114 Å². The van der Waals surface area contributed by atoms with E-state index >= 15 is 0 Å². The van der Waals surface area contributed by atoms with Crippen molar-refractivity contribution in [3.05, 3.63) is 18.2 Å². The Labute approximate surface area is 181 Å². The van der Waals surface area contributed by atoms with Crippen molar-refractivity contribution in [2.45, 2.75) is 44.0 Å². The van der Waals surface area contributed by atoms with E-state index in [4.69, 9.17) is 9.47 Å². The summed E-state index contributed by atoms with van der Waals surface area (Å²) in [5.74, 6) is 0.0956. The van der Waals surface area contributed by atoms with Crippen molar-refractivity contribution >= 4 is 22.1 Å². The smallest absolute Gasteiger partial charge is 0.411 e. The van der Waals surface area contributed by atoms with Gasteiger partial charge in [0.2, 0.25) is 16.0 Å². The van der Waals surface area contributed by atoms with Gasteiger partial charge in [-0.2, -0.15) is 4.72 Å². The van der Waals surface area contributed by atoms with Crippen molar-refractivity contribution in [3.63, 3.8) is 0 Å². The van der Waals surface area contributed by atoms with Gasteiger partial charge in [-0.25, -0.2) is 27.6 Å². The molecule has 0 aromatic carbocycles. The van der Waals surface area contributed by atoms with E-state index in [0.29, 0.717) is 25.6 Å². The standard InChI is InChI=1S/C19H28FN5O5S/c1-29-19(26)25-16-4-3-14(17(25)23-31(2,27)28)15(16)11-30-13-5-7-24(8-6-13)18-21-9-12(20)10-22-18/h9-10,13-17,23H,3-8,11H2,1-2H3/t14?,15-,16?,17-/m1/s1. The molecule has 172 valence electrons. The first-order valence-electron chi connectivity index (χ1n) is 10.4. The lowest BCUT2D eigenvalue weighted by Gasteiger charge is -2.33. The molecular formula is C19H28FN5O5S. The number of carbonyl (C=O) groups is 1. The van der Waals surface area contributed by atoms with Gasteiger partial charge in [0.05, 0.1) is 38.5 Å². The van der Waals surface area contributed by atoms with Crippen molar-refractivity contribution in [2.75, 3.05) is 38.0 Å². The number of amides is 1. The molecule has 1 amide bonds. The second kappa shape index (κ2) is 8.83. The lowest BCUT2D eigenvalue weighted by Crippen LogP contribution is -2.53. The molecule has 31 heavy (non-hydrogen) atoms. The van der Waals surface area contributed by atoms with E-state index in [1.807, 2.05) is 4.90 Å². The van der Waals surface area contributed by atoms with Crippen LogP contribution in [0.15, 0.2) is 12.4 Å². The molecule has 1 saturated carbocycles. The first-order valence-corrected chi connectivity index (χ1v) is 12.3. The van der Waals surface area contributed by atoms with Gasteiger partial charge in [-0.05, 0) is 25.7 Å². The van der Waals surface area contributed by atoms with Gasteiger partial charge in [0.1, 0.15) is 6.17 Å². The molecule has 3 aliphatic rings. The Balaban J connectivity index is 1.34. The molecule has 4 atom stereocenters. The average molecular weight is 458 g/mol. The van der Waals surface area contributed by atoms with Crippen molar-refractivity contribution in [1.29, 1.82) is 0 Å². The van der Waals surface area contributed by atoms with Gasteiger partial charge in [-0.3, -0.25) is 4.90 Å². The molecule has 0 spiro atoms. The number of nitrogens with zero attached hydrogens (tertiary/aromatic N) is 4. The monoisotopic (exact) mass is 457 g/mol. The lowest BCUT2D eigenvalue weighted by molar-refractivity contribution is 0.00785. The van der Waals surface area contributed by atoms with Gasteiger partial charge in [-0.15, -0.1) is 0 Å². The number of sulfonamides is 1. The Bertz CT molecular complexity index is 893. The Hall–Kier alpha value is -2.05. The van der Waals surface area contributed by atoms with Crippen LogP contribution in [-0.4, -0.2) is 80.8 Å². The second-order valence-electron chi connectivity index (χ2n) is 8.41. The minimum absolute atomic E-state index is 0.00784. The molecule has 3 fully saturated rings. The van der Waals surface area contributed by atoms with Crippen LogP contribution >= 0.6 is 0 Å². The highest BCUT2D eigenvalue weighted by Gasteiger charge is 2.56. The van der Waals surface area contributed by atoms with E-state index in [1.54, 1.807) is 0 Å². The summed E-state index contributed by atoms with van der Waals surface area (Å²) in [6.07, 6.45) is 5.56. The first kappa shape index (κ1) is 22.2. The zero-order chi connectivity index (χ0) is 22.2. The summed E-state index contributed by atoms with van der Waals surface area (Å²) in [4.78, 5) is 23.9. The third-order valence-corrected chi connectivity index (χ3v) is 7.15. The fourth-order valence-electron chi connectivity index (χ4n) is 5.12. The number of anilines is 1. The molecule has 2 aliphatic heterocycles. The molecule has 10 nitrogen and oxygen atoms in total. The van der Waals surface area contributed by atoms with Crippen LogP contribution in [0.1, 0.15) is 25.7 Å². The first-order chi connectivity index (χ1) is 14.8. The van der Waals surface area contributed by atoms with Gasteiger partial charge in [0.25, 0.3) is 0 Å². The highest BCUT2D eigenvalue weighted by Crippen LogP contribution is 2.47. The van der Waals surface area contributed by atoms with Crippen LogP contribution in [0, 0.1) is 17.7 Å². The summed E-state index contributed by atoms with van der Waals surface area (Å²) in [6.45, 7) is 1.88. The molecule has 1 aliphatic carbocycles. The predicted molar refractivity (Wildman–Crippen MR) is 109 cm³/mol. The molecule has 2 unspecified atom stereocenters. The normalized spacial score (nSPS) is 28.9. The van der Waals surface area contributed by atoms with Gasteiger partial charge < -0.3 is 14.4 Å². The van der Waals surface area contributed by atoms with Crippen LogP contribution in [0.3, 0.4) is 0 Å². The number of hydrogen-bond donors (Lipinski definition) is 1. The maximum atomic E-state index is 13.0. The Morgan fingerprint density at radius 1 is 1.23 bits per heavy atom. The summed E-state index contributed by atoms with van der Waals surface area (Å²) >= 11 is 0. The predicted octanol–water partition coefficient (Wildman–Crippen LogP) is 0.953. The van der Waals surface area contributed by atoms with Crippen molar-refractivity contribution in [1.82, 2.24) is 19.6 Å². The zero-order valence-corrected chi connectivity index (χ0v) is 18.4. The summed E-state index contributed by atoms with van der Waals surface area (Å²) in [5, 5.41) is 0. The van der Waals surface area contributed by atoms with E-state index in [0.717, 1.165) is 44.3 Å². The fraction of sp³-hybridized carbons (Fsp3) is 0.737. The number of ether oxygens (including phenoxy) is 2. The third kappa shape index (κ3) is 4.75. The highest BCUT2D eigenvalue weighted by atomic mass is 32.2. The molecular weight excluding hydrogens is 429 g/mol. The van der Waals surface area contributed by atoms with E-state index in [1.165, 1.54) is 12.0 Å². The van der Waals surface area contributed by atoms with Crippen LogP contribution in [-0.2, 0) is 19.5 Å². The number of methoxy groups -OCH3 is 1. The van der Waals surface area contributed by atoms with Crippen LogP contribution in [0.4, 0.5) is 15.1 Å². The SMILES string of the molecule is COC(=O)N1C2CCC([C@H]2COC2CCN(c3ncc(F)cn3)CC2)[C@@H]1NS(C)(=O)=O. The third-order valence-electron chi connectivity index (χ3n) is 6.48. The molecule has 3 heterocycles. The number of halogens is 1.